The fourth-order valence-electron chi connectivity index (χ4n) is 3.40. The van der Waals surface area contributed by atoms with Crippen molar-refractivity contribution in [3.63, 3.8) is 0 Å². The first-order chi connectivity index (χ1) is 12.9. The molecule has 4 rings (SSSR count). The minimum Gasteiger partial charge on any atom is -0.490 e. The maximum absolute atomic E-state index is 11.2. The molecule has 2 aromatic carbocycles. The van der Waals surface area contributed by atoms with E-state index < -0.39 is 5.97 Å². The predicted molar refractivity (Wildman–Crippen MR) is 105 cm³/mol. The Kier molecular flexibility index (Phi) is 4.56. The molecule has 1 aromatic heterocycles. The van der Waals surface area contributed by atoms with Gasteiger partial charge in [0.1, 0.15) is 5.75 Å². The number of ether oxygens (including phenoxy) is 1. The van der Waals surface area contributed by atoms with Crippen LogP contribution in [0.4, 0.5) is 0 Å². The zero-order valence-corrected chi connectivity index (χ0v) is 16.0. The second kappa shape index (κ2) is 6.89. The number of carboxylic acids is 1. The van der Waals surface area contributed by atoms with E-state index in [0.717, 1.165) is 27.9 Å². The Labute approximate surface area is 162 Å². The number of hydrogen-bond acceptors (Lipinski definition) is 3. The lowest BCUT2D eigenvalue weighted by Crippen LogP contribution is -2.15. The molecule has 1 aliphatic carbocycles. The molecule has 1 fully saturated rings. The van der Waals surface area contributed by atoms with Gasteiger partial charge in [-0.3, -0.25) is 4.68 Å². The van der Waals surface area contributed by atoms with Gasteiger partial charge in [0.2, 0.25) is 0 Å². The Hall–Kier alpha value is -2.53. The molecule has 0 aliphatic heterocycles. The van der Waals surface area contributed by atoms with Crippen LogP contribution in [0.5, 0.6) is 5.75 Å². The van der Waals surface area contributed by atoms with E-state index in [-0.39, 0.29) is 11.7 Å². The summed E-state index contributed by atoms with van der Waals surface area (Å²) in [5.41, 5.74) is 2.90. The number of aryl methyl sites for hydroxylation is 1. The second-order valence-corrected chi connectivity index (χ2v) is 7.63. The monoisotopic (exact) mass is 384 g/mol. The van der Waals surface area contributed by atoms with Gasteiger partial charge in [-0.15, -0.1) is 0 Å². The van der Waals surface area contributed by atoms with Gasteiger partial charge in [-0.1, -0.05) is 11.6 Å². The lowest BCUT2D eigenvalue weighted by Gasteiger charge is -2.17. The van der Waals surface area contributed by atoms with Crippen LogP contribution in [0.3, 0.4) is 0 Å². The SMILES string of the molecule is Cc1nn(Cc2cc(Cl)ccc2OC(C)C2CC2)c2ccc(C(=O)O)cc12. The molecule has 1 atom stereocenters. The summed E-state index contributed by atoms with van der Waals surface area (Å²) in [5, 5.41) is 15.3. The quantitative estimate of drug-likeness (QED) is 0.655. The van der Waals surface area contributed by atoms with Crippen molar-refractivity contribution in [2.45, 2.75) is 39.3 Å². The molecule has 1 saturated carbocycles. The number of carbonyl (C=O) groups is 1. The molecule has 1 aliphatic rings. The molecule has 1 heterocycles. The Balaban J connectivity index is 1.69. The fourth-order valence-corrected chi connectivity index (χ4v) is 3.60. The number of benzene rings is 2. The average Bonchev–Trinajstić information content (AvgIpc) is 3.43. The first-order valence-corrected chi connectivity index (χ1v) is 9.45. The van der Waals surface area contributed by atoms with E-state index in [9.17, 15) is 9.90 Å². The van der Waals surface area contributed by atoms with Gasteiger partial charge in [-0.25, -0.2) is 4.79 Å². The van der Waals surface area contributed by atoms with Crippen molar-refractivity contribution in [3.05, 3.63) is 58.2 Å². The summed E-state index contributed by atoms with van der Waals surface area (Å²) in [5.74, 6) is 0.515. The molecular weight excluding hydrogens is 364 g/mol. The summed E-state index contributed by atoms with van der Waals surface area (Å²) in [4.78, 5) is 11.2. The Bertz CT molecular complexity index is 1020. The van der Waals surface area contributed by atoms with Gasteiger partial charge in [-0.05, 0) is 69.0 Å². The topological polar surface area (TPSA) is 64.4 Å². The maximum Gasteiger partial charge on any atom is 0.335 e. The van der Waals surface area contributed by atoms with Gasteiger partial charge in [0, 0.05) is 16.0 Å². The van der Waals surface area contributed by atoms with E-state index >= 15 is 0 Å². The number of halogens is 1. The van der Waals surface area contributed by atoms with Crippen LogP contribution >= 0.6 is 11.6 Å². The number of aromatic carboxylic acids is 1. The summed E-state index contributed by atoms with van der Waals surface area (Å²) in [6, 6.07) is 10.7. The van der Waals surface area contributed by atoms with E-state index in [1.165, 1.54) is 12.8 Å². The Morgan fingerprint density at radius 2 is 2.11 bits per heavy atom. The molecule has 6 heteroatoms. The van der Waals surface area contributed by atoms with Crippen molar-refractivity contribution >= 4 is 28.5 Å². The van der Waals surface area contributed by atoms with E-state index in [1.807, 2.05) is 29.8 Å². The fraction of sp³-hybridized carbons (Fsp3) is 0.333. The second-order valence-electron chi connectivity index (χ2n) is 7.19. The van der Waals surface area contributed by atoms with Crippen LogP contribution in [0.15, 0.2) is 36.4 Å². The molecule has 1 unspecified atom stereocenters. The van der Waals surface area contributed by atoms with Gasteiger partial charge in [0.15, 0.2) is 0 Å². The highest BCUT2D eigenvalue weighted by molar-refractivity contribution is 6.30. The molecule has 140 valence electrons. The Morgan fingerprint density at radius 1 is 1.33 bits per heavy atom. The molecule has 0 bridgehead atoms. The third-order valence-electron chi connectivity index (χ3n) is 5.12. The molecule has 27 heavy (non-hydrogen) atoms. The molecule has 3 aromatic rings. The van der Waals surface area contributed by atoms with Gasteiger partial charge in [0.25, 0.3) is 0 Å². The van der Waals surface area contributed by atoms with Crippen LogP contribution in [0.25, 0.3) is 10.9 Å². The molecule has 5 nitrogen and oxygen atoms in total. The number of nitrogens with zero attached hydrogens (tertiary/aromatic N) is 2. The van der Waals surface area contributed by atoms with Crippen molar-refractivity contribution in [2.24, 2.45) is 5.92 Å². The summed E-state index contributed by atoms with van der Waals surface area (Å²) in [6.07, 6.45) is 2.62. The number of hydrogen-bond donors (Lipinski definition) is 1. The largest absolute Gasteiger partial charge is 0.490 e. The lowest BCUT2D eigenvalue weighted by atomic mass is 10.1. The average molecular weight is 385 g/mol. The third-order valence-corrected chi connectivity index (χ3v) is 5.36. The first-order valence-electron chi connectivity index (χ1n) is 9.08. The standard InChI is InChI=1S/C21H21ClN2O3/c1-12-18-10-15(21(25)26)5-7-19(18)24(23-12)11-16-9-17(22)6-8-20(16)27-13(2)14-3-4-14/h5-10,13-14H,3-4,11H2,1-2H3,(H,25,26). The minimum atomic E-state index is -0.941. The smallest absolute Gasteiger partial charge is 0.335 e. The number of fused-ring (bicyclic) bond motifs is 1. The molecule has 0 amide bonds. The predicted octanol–water partition coefficient (Wildman–Crippen LogP) is 4.92. The maximum atomic E-state index is 11.2. The molecule has 0 saturated heterocycles. The zero-order valence-electron chi connectivity index (χ0n) is 15.3. The summed E-state index contributed by atoms with van der Waals surface area (Å²) >= 11 is 6.22. The van der Waals surface area contributed by atoms with Crippen LogP contribution in [-0.2, 0) is 6.54 Å². The van der Waals surface area contributed by atoms with Crippen molar-refractivity contribution < 1.29 is 14.6 Å². The van der Waals surface area contributed by atoms with Crippen molar-refractivity contribution in [1.29, 1.82) is 0 Å². The van der Waals surface area contributed by atoms with E-state index in [2.05, 4.69) is 12.0 Å². The van der Waals surface area contributed by atoms with E-state index in [4.69, 9.17) is 16.3 Å². The number of aromatic nitrogens is 2. The normalized spacial score (nSPS) is 15.1. The highest BCUT2D eigenvalue weighted by Crippen LogP contribution is 2.36. The van der Waals surface area contributed by atoms with Crippen molar-refractivity contribution in [1.82, 2.24) is 9.78 Å². The van der Waals surface area contributed by atoms with E-state index in [0.29, 0.717) is 17.5 Å². The van der Waals surface area contributed by atoms with Crippen LogP contribution < -0.4 is 4.74 Å². The van der Waals surface area contributed by atoms with Crippen LogP contribution in [0, 0.1) is 12.8 Å². The number of carboxylic acid groups (broad SMARTS) is 1. The highest BCUT2D eigenvalue weighted by atomic mass is 35.5. The van der Waals surface area contributed by atoms with Crippen LogP contribution in [0.1, 0.15) is 41.4 Å². The first kappa shape index (κ1) is 17.9. The zero-order chi connectivity index (χ0) is 19.1. The minimum absolute atomic E-state index is 0.180. The number of rotatable bonds is 6. The van der Waals surface area contributed by atoms with Gasteiger partial charge >= 0.3 is 5.97 Å². The van der Waals surface area contributed by atoms with E-state index in [1.54, 1.807) is 18.2 Å². The molecule has 0 spiro atoms. The van der Waals surface area contributed by atoms with Gasteiger partial charge in [-0.2, -0.15) is 5.10 Å². The highest BCUT2D eigenvalue weighted by Gasteiger charge is 2.30. The van der Waals surface area contributed by atoms with Crippen molar-refractivity contribution in [3.8, 4) is 5.75 Å². The summed E-state index contributed by atoms with van der Waals surface area (Å²) < 4.78 is 8.06. The lowest BCUT2D eigenvalue weighted by molar-refractivity contribution is 0.0697. The molecule has 1 N–H and O–H groups in total. The third kappa shape index (κ3) is 3.65. The Morgan fingerprint density at radius 3 is 2.81 bits per heavy atom. The van der Waals surface area contributed by atoms with Crippen LogP contribution in [0.2, 0.25) is 5.02 Å². The van der Waals surface area contributed by atoms with Gasteiger partial charge in [0.05, 0.1) is 29.4 Å². The van der Waals surface area contributed by atoms with Gasteiger partial charge < -0.3 is 9.84 Å². The summed E-state index contributed by atoms with van der Waals surface area (Å²) in [6.45, 7) is 4.50. The molecule has 0 radical (unpaired) electrons. The molecular formula is C21H21ClN2O3. The van der Waals surface area contributed by atoms with Crippen molar-refractivity contribution in [2.75, 3.05) is 0 Å². The summed E-state index contributed by atoms with van der Waals surface area (Å²) in [7, 11) is 0. The van der Waals surface area contributed by atoms with Crippen LogP contribution in [-0.4, -0.2) is 27.0 Å².